The maximum absolute atomic E-state index is 13.2. The van der Waals surface area contributed by atoms with Crippen LogP contribution in [0, 0.1) is 6.92 Å². The Morgan fingerprint density at radius 2 is 1.77 bits per heavy atom. The average molecular weight is 447 g/mol. The number of amides is 2. The third-order valence-electron chi connectivity index (χ3n) is 4.82. The molecule has 0 aliphatic rings. The molecule has 30 heavy (non-hydrogen) atoms. The van der Waals surface area contributed by atoms with Gasteiger partial charge in [-0.2, -0.15) is 0 Å². The molecule has 2 aromatic carbocycles. The second-order valence-corrected chi connectivity index (χ2v) is 9.19. The summed E-state index contributed by atoms with van der Waals surface area (Å²) in [5.74, 6) is 0.540. The van der Waals surface area contributed by atoms with E-state index in [1.165, 1.54) is 0 Å². The van der Waals surface area contributed by atoms with Gasteiger partial charge in [-0.1, -0.05) is 42.8 Å². The Morgan fingerprint density at radius 1 is 1.10 bits per heavy atom. The van der Waals surface area contributed by atoms with E-state index >= 15 is 0 Å². The monoisotopic (exact) mass is 446 g/mol. The Balaban J connectivity index is 2.13. The van der Waals surface area contributed by atoms with Crippen molar-refractivity contribution in [2.24, 2.45) is 0 Å². The summed E-state index contributed by atoms with van der Waals surface area (Å²) in [6.45, 7) is 8.28. The van der Waals surface area contributed by atoms with Crippen molar-refractivity contribution in [1.82, 2.24) is 10.2 Å². The first kappa shape index (κ1) is 24.3. The summed E-state index contributed by atoms with van der Waals surface area (Å²) < 4.78 is 0. The van der Waals surface area contributed by atoms with Crippen LogP contribution in [0.1, 0.15) is 44.7 Å². The SMILES string of the molecule is CC[C@@H](C(=O)NC(C)C)N(Cc1ccccc1C)C(=O)CCSc1ccc(Cl)cc1. The molecule has 2 amide bonds. The van der Waals surface area contributed by atoms with Crippen LogP contribution >= 0.6 is 23.4 Å². The van der Waals surface area contributed by atoms with E-state index in [9.17, 15) is 9.59 Å². The summed E-state index contributed by atoms with van der Waals surface area (Å²) in [5, 5.41) is 3.66. The second kappa shape index (κ2) is 12.0. The number of aryl methyl sites for hydroxylation is 1. The summed E-state index contributed by atoms with van der Waals surface area (Å²) >= 11 is 7.55. The molecule has 162 valence electrons. The van der Waals surface area contributed by atoms with Gasteiger partial charge < -0.3 is 10.2 Å². The van der Waals surface area contributed by atoms with Crippen LogP contribution in [0.4, 0.5) is 0 Å². The van der Waals surface area contributed by atoms with Crippen LogP contribution in [-0.2, 0) is 16.1 Å². The fraction of sp³-hybridized carbons (Fsp3) is 0.417. The molecule has 6 heteroatoms. The Morgan fingerprint density at radius 3 is 2.37 bits per heavy atom. The van der Waals surface area contributed by atoms with Gasteiger partial charge >= 0.3 is 0 Å². The number of nitrogens with zero attached hydrogens (tertiary/aromatic N) is 1. The van der Waals surface area contributed by atoms with Crippen LogP contribution < -0.4 is 5.32 Å². The minimum absolute atomic E-state index is 0.00882. The first-order valence-electron chi connectivity index (χ1n) is 10.3. The van der Waals surface area contributed by atoms with Crippen LogP contribution in [0.3, 0.4) is 0 Å². The van der Waals surface area contributed by atoms with Crippen molar-refractivity contribution >= 4 is 35.2 Å². The number of halogens is 1. The van der Waals surface area contributed by atoms with E-state index in [4.69, 9.17) is 11.6 Å². The zero-order chi connectivity index (χ0) is 22.1. The number of thioether (sulfide) groups is 1. The first-order chi connectivity index (χ1) is 14.3. The van der Waals surface area contributed by atoms with E-state index in [1.54, 1.807) is 16.7 Å². The molecule has 1 atom stereocenters. The highest BCUT2D eigenvalue weighted by molar-refractivity contribution is 7.99. The van der Waals surface area contributed by atoms with Gasteiger partial charge in [0.05, 0.1) is 0 Å². The molecule has 0 saturated heterocycles. The van der Waals surface area contributed by atoms with Crippen LogP contribution in [0.5, 0.6) is 0 Å². The summed E-state index contributed by atoms with van der Waals surface area (Å²) in [5.41, 5.74) is 2.18. The number of hydrogen-bond acceptors (Lipinski definition) is 3. The zero-order valence-electron chi connectivity index (χ0n) is 18.2. The maximum atomic E-state index is 13.2. The lowest BCUT2D eigenvalue weighted by molar-refractivity contribution is -0.141. The molecule has 0 fully saturated rings. The highest BCUT2D eigenvalue weighted by Gasteiger charge is 2.28. The fourth-order valence-electron chi connectivity index (χ4n) is 3.20. The normalized spacial score (nSPS) is 11.9. The Labute approximate surface area is 189 Å². The van der Waals surface area contributed by atoms with Gasteiger partial charge in [-0.25, -0.2) is 0 Å². The third-order valence-corrected chi connectivity index (χ3v) is 6.08. The number of nitrogens with one attached hydrogen (secondary N) is 1. The molecular weight excluding hydrogens is 416 g/mol. The van der Waals surface area contributed by atoms with Gasteiger partial charge in [-0.3, -0.25) is 9.59 Å². The Hall–Kier alpha value is -1.98. The van der Waals surface area contributed by atoms with Gasteiger partial charge in [0.25, 0.3) is 0 Å². The summed E-state index contributed by atoms with van der Waals surface area (Å²) in [6, 6.07) is 15.1. The molecule has 0 saturated carbocycles. The van der Waals surface area contributed by atoms with Crippen molar-refractivity contribution in [1.29, 1.82) is 0 Å². The van der Waals surface area contributed by atoms with Gasteiger partial charge in [0, 0.05) is 34.7 Å². The van der Waals surface area contributed by atoms with Crippen molar-refractivity contribution in [3.8, 4) is 0 Å². The number of carbonyl (C=O) groups is 2. The predicted molar refractivity (Wildman–Crippen MR) is 126 cm³/mol. The van der Waals surface area contributed by atoms with Crippen molar-refractivity contribution in [3.63, 3.8) is 0 Å². The lowest BCUT2D eigenvalue weighted by Crippen LogP contribution is -2.50. The highest BCUT2D eigenvalue weighted by atomic mass is 35.5. The standard InChI is InChI=1S/C24H31ClN2O2S/c1-5-22(24(29)26-17(2)3)27(16-19-9-7-6-8-18(19)4)23(28)14-15-30-21-12-10-20(25)11-13-21/h6-13,17,22H,5,14-16H2,1-4H3,(H,26,29)/t22-/m0/s1. The van der Waals surface area contributed by atoms with Crippen LogP contribution in [0.2, 0.25) is 5.02 Å². The van der Waals surface area contributed by atoms with Gasteiger partial charge in [-0.15, -0.1) is 11.8 Å². The molecule has 0 aliphatic heterocycles. The molecule has 0 radical (unpaired) electrons. The maximum Gasteiger partial charge on any atom is 0.243 e. The number of benzene rings is 2. The summed E-state index contributed by atoms with van der Waals surface area (Å²) in [7, 11) is 0. The Bertz CT molecular complexity index is 839. The van der Waals surface area contributed by atoms with Gasteiger partial charge in [0.2, 0.25) is 11.8 Å². The number of rotatable bonds is 10. The van der Waals surface area contributed by atoms with Crippen molar-refractivity contribution in [2.45, 2.75) is 64.1 Å². The van der Waals surface area contributed by atoms with Crippen molar-refractivity contribution < 1.29 is 9.59 Å². The van der Waals surface area contributed by atoms with Gasteiger partial charge in [0.15, 0.2) is 0 Å². The lowest BCUT2D eigenvalue weighted by atomic mass is 10.1. The number of carbonyl (C=O) groups excluding carboxylic acids is 2. The van der Waals surface area contributed by atoms with Crippen LogP contribution in [-0.4, -0.2) is 34.6 Å². The van der Waals surface area contributed by atoms with Crippen molar-refractivity contribution in [3.05, 3.63) is 64.7 Å². The van der Waals surface area contributed by atoms with Crippen LogP contribution in [0.15, 0.2) is 53.4 Å². The van der Waals surface area contributed by atoms with E-state index in [-0.39, 0.29) is 17.9 Å². The summed E-state index contributed by atoms with van der Waals surface area (Å²) in [4.78, 5) is 28.8. The molecule has 2 aromatic rings. The smallest absolute Gasteiger partial charge is 0.243 e. The Kier molecular flexibility index (Phi) is 9.73. The molecule has 0 unspecified atom stereocenters. The summed E-state index contributed by atoms with van der Waals surface area (Å²) in [6.07, 6.45) is 0.936. The largest absolute Gasteiger partial charge is 0.352 e. The van der Waals surface area contributed by atoms with E-state index < -0.39 is 6.04 Å². The number of hydrogen-bond donors (Lipinski definition) is 1. The highest BCUT2D eigenvalue weighted by Crippen LogP contribution is 2.22. The van der Waals surface area contributed by atoms with Crippen LogP contribution in [0.25, 0.3) is 0 Å². The van der Waals surface area contributed by atoms with E-state index in [0.717, 1.165) is 16.0 Å². The fourth-order valence-corrected chi connectivity index (χ4v) is 4.17. The molecule has 0 spiro atoms. The van der Waals surface area contributed by atoms with E-state index in [0.29, 0.717) is 30.2 Å². The molecular formula is C24H31ClN2O2S. The zero-order valence-corrected chi connectivity index (χ0v) is 19.7. The molecule has 4 nitrogen and oxygen atoms in total. The third kappa shape index (κ3) is 7.37. The molecule has 0 aliphatic carbocycles. The quantitative estimate of drug-likeness (QED) is 0.493. The molecule has 0 heterocycles. The minimum atomic E-state index is -0.486. The van der Waals surface area contributed by atoms with Gasteiger partial charge in [-0.05, 0) is 62.6 Å². The molecule has 2 rings (SSSR count). The average Bonchev–Trinajstić information content (AvgIpc) is 2.70. The second-order valence-electron chi connectivity index (χ2n) is 7.59. The van der Waals surface area contributed by atoms with Crippen molar-refractivity contribution in [2.75, 3.05) is 5.75 Å². The minimum Gasteiger partial charge on any atom is -0.352 e. The topological polar surface area (TPSA) is 49.4 Å². The predicted octanol–water partition coefficient (Wildman–Crippen LogP) is 5.46. The van der Waals surface area contributed by atoms with E-state index in [1.807, 2.05) is 76.2 Å². The van der Waals surface area contributed by atoms with E-state index in [2.05, 4.69) is 5.32 Å². The molecule has 1 N–H and O–H groups in total. The first-order valence-corrected chi connectivity index (χ1v) is 11.7. The molecule has 0 bridgehead atoms. The van der Waals surface area contributed by atoms with Gasteiger partial charge in [0.1, 0.15) is 6.04 Å². The lowest BCUT2D eigenvalue weighted by Gasteiger charge is -2.31. The molecule has 0 aromatic heterocycles.